The number of carbonyl (C=O) groups is 1. The first-order chi connectivity index (χ1) is 7.64. The summed E-state index contributed by atoms with van der Waals surface area (Å²) in [5.74, 6) is -0.344. The van der Waals surface area contributed by atoms with Gasteiger partial charge in [0, 0.05) is 0 Å². The Labute approximate surface area is 96.1 Å². The smallest absolute Gasteiger partial charge is 0.183 e. The van der Waals surface area contributed by atoms with Gasteiger partial charge in [-0.2, -0.15) is 0 Å². The predicted molar refractivity (Wildman–Crippen MR) is 58.7 cm³/mol. The molecule has 2 rings (SSSR count). The Hall–Kier alpha value is -0.880. The molecule has 0 radical (unpaired) electrons. The monoisotopic (exact) mass is 240 g/mol. The zero-order valence-electron chi connectivity index (χ0n) is 8.55. The second kappa shape index (κ2) is 4.18. The van der Waals surface area contributed by atoms with Gasteiger partial charge in [0.25, 0.3) is 0 Å². The zero-order valence-corrected chi connectivity index (χ0v) is 9.37. The highest BCUT2D eigenvalue weighted by molar-refractivity contribution is 7.91. The molecule has 1 heterocycles. The summed E-state index contributed by atoms with van der Waals surface area (Å²) >= 11 is -1.35. The third-order valence-corrected chi connectivity index (χ3v) is 4.53. The Morgan fingerprint density at radius 3 is 2.56 bits per heavy atom. The van der Waals surface area contributed by atoms with Gasteiger partial charge in [-0.05, 0) is 23.3 Å². The third-order valence-electron chi connectivity index (χ3n) is 2.87. The summed E-state index contributed by atoms with van der Waals surface area (Å²) in [6.07, 6.45) is 0. The van der Waals surface area contributed by atoms with Gasteiger partial charge in [-0.3, -0.25) is 4.79 Å². The van der Waals surface area contributed by atoms with Gasteiger partial charge >= 0.3 is 0 Å². The molecule has 1 atom stereocenters. The Bertz CT molecular complexity index is 414. The molecule has 0 aliphatic carbocycles. The van der Waals surface area contributed by atoms with Crippen LogP contribution in [0.15, 0.2) is 29.2 Å². The van der Waals surface area contributed by atoms with E-state index in [4.69, 9.17) is 0 Å². The molecule has 0 bridgehead atoms. The molecule has 0 aromatic heterocycles. The highest BCUT2D eigenvalue weighted by Gasteiger charge is 2.48. The Kier molecular flexibility index (Phi) is 3.03. The number of ketones is 1. The van der Waals surface area contributed by atoms with E-state index < -0.39 is 29.8 Å². The van der Waals surface area contributed by atoms with Crippen LogP contribution in [0.25, 0.3) is 0 Å². The van der Waals surface area contributed by atoms with E-state index in [1.807, 2.05) is 0 Å². The lowest BCUT2D eigenvalue weighted by Gasteiger charge is -2.33. The summed E-state index contributed by atoms with van der Waals surface area (Å²) in [5.41, 5.74) is -0.950. The van der Waals surface area contributed by atoms with Crippen molar-refractivity contribution in [3.63, 3.8) is 0 Å². The van der Waals surface area contributed by atoms with Crippen molar-refractivity contribution >= 4 is 17.0 Å². The van der Waals surface area contributed by atoms with Crippen LogP contribution >= 0.6 is 0 Å². The summed E-state index contributed by atoms with van der Waals surface area (Å²) in [5, 5.41) is 18.5. The van der Waals surface area contributed by atoms with Gasteiger partial charge in [0.15, 0.2) is 10.7 Å². The molecule has 0 fully saturated rings. The van der Waals surface area contributed by atoms with E-state index in [9.17, 15) is 19.6 Å². The molecule has 5 heteroatoms. The molecule has 0 amide bonds. The number of fused-ring (bicyclic) bond motifs is 1. The van der Waals surface area contributed by atoms with Gasteiger partial charge < -0.3 is 14.8 Å². The SMILES string of the molecule is O=C1c2ccccc2[S+]([O-])CC1(CO)CO. The lowest BCUT2D eigenvalue weighted by molar-refractivity contribution is 0.0480. The first-order valence-corrected chi connectivity index (χ1v) is 6.20. The van der Waals surface area contributed by atoms with Crippen LogP contribution in [-0.4, -0.2) is 39.5 Å². The van der Waals surface area contributed by atoms with E-state index in [2.05, 4.69) is 0 Å². The van der Waals surface area contributed by atoms with Crippen molar-refractivity contribution in [2.24, 2.45) is 5.41 Å². The maximum Gasteiger partial charge on any atom is 0.183 e. The van der Waals surface area contributed by atoms with Crippen LogP contribution in [0.4, 0.5) is 0 Å². The lowest BCUT2D eigenvalue weighted by atomic mass is 9.83. The zero-order chi connectivity index (χ0) is 11.8. The molecule has 86 valence electrons. The fourth-order valence-corrected chi connectivity index (χ4v) is 3.42. The maximum absolute atomic E-state index is 12.1. The minimum Gasteiger partial charge on any atom is -0.611 e. The molecular formula is C11H12O4S. The average molecular weight is 240 g/mol. The molecule has 1 aliphatic heterocycles. The minimum absolute atomic E-state index is 0.0180. The van der Waals surface area contributed by atoms with Crippen molar-refractivity contribution in [3.8, 4) is 0 Å². The van der Waals surface area contributed by atoms with E-state index in [0.29, 0.717) is 10.5 Å². The largest absolute Gasteiger partial charge is 0.611 e. The van der Waals surface area contributed by atoms with Gasteiger partial charge in [-0.1, -0.05) is 12.1 Å². The highest BCUT2D eigenvalue weighted by Crippen LogP contribution is 2.35. The van der Waals surface area contributed by atoms with Crippen LogP contribution in [0.2, 0.25) is 0 Å². The number of Topliss-reactive ketones (excluding diaryl/α,β-unsaturated/α-hetero) is 1. The molecule has 2 N–H and O–H groups in total. The number of rotatable bonds is 2. The lowest BCUT2D eigenvalue weighted by Crippen LogP contribution is -2.48. The molecule has 1 aromatic rings. The second-order valence-electron chi connectivity index (χ2n) is 3.91. The van der Waals surface area contributed by atoms with Gasteiger partial charge in [-0.25, -0.2) is 0 Å². The number of aliphatic hydroxyl groups is 2. The molecule has 0 spiro atoms. The molecule has 1 unspecified atom stereocenters. The quantitative estimate of drug-likeness (QED) is 0.711. The van der Waals surface area contributed by atoms with Gasteiger partial charge in [0.1, 0.15) is 11.2 Å². The molecule has 1 aliphatic rings. The number of aliphatic hydroxyl groups excluding tert-OH is 2. The van der Waals surface area contributed by atoms with Crippen molar-refractivity contribution in [2.45, 2.75) is 4.90 Å². The molecular weight excluding hydrogens is 228 g/mol. The topological polar surface area (TPSA) is 80.6 Å². The molecule has 0 saturated carbocycles. The van der Waals surface area contributed by atoms with Crippen molar-refractivity contribution < 1.29 is 19.6 Å². The average Bonchev–Trinajstić information content (AvgIpc) is 2.34. The van der Waals surface area contributed by atoms with Crippen LogP contribution in [-0.2, 0) is 11.2 Å². The summed E-state index contributed by atoms with van der Waals surface area (Å²) < 4.78 is 11.9. The van der Waals surface area contributed by atoms with E-state index in [0.717, 1.165) is 0 Å². The van der Waals surface area contributed by atoms with E-state index in [1.54, 1.807) is 24.3 Å². The third kappa shape index (κ3) is 1.56. The van der Waals surface area contributed by atoms with Gasteiger partial charge in [0.2, 0.25) is 0 Å². The predicted octanol–water partition coefficient (Wildman–Crippen LogP) is -0.0385. The van der Waals surface area contributed by atoms with Crippen LogP contribution in [0.1, 0.15) is 10.4 Å². The number of hydrogen-bond acceptors (Lipinski definition) is 4. The van der Waals surface area contributed by atoms with E-state index in [-0.39, 0.29) is 11.5 Å². The Morgan fingerprint density at radius 2 is 1.94 bits per heavy atom. The van der Waals surface area contributed by atoms with Crippen molar-refractivity contribution in [1.29, 1.82) is 0 Å². The number of carbonyl (C=O) groups excluding carboxylic acids is 1. The van der Waals surface area contributed by atoms with Crippen LogP contribution in [0.3, 0.4) is 0 Å². The Morgan fingerprint density at radius 1 is 1.31 bits per heavy atom. The van der Waals surface area contributed by atoms with Crippen molar-refractivity contribution in [2.75, 3.05) is 19.0 Å². The normalized spacial score (nSPS) is 22.9. The molecule has 4 nitrogen and oxygen atoms in total. The maximum atomic E-state index is 12.1. The highest BCUT2D eigenvalue weighted by atomic mass is 32.2. The second-order valence-corrected chi connectivity index (χ2v) is 5.33. The van der Waals surface area contributed by atoms with E-state index in [1.165, 1.54) is 0 Å². The standard InChI is InChI=1S/C11H12O4S/c12-5-11(6-13)7-16(15)9-4-2-1-3-8(9)10(11)14/h1-4,12-13H,5-7H2. The van der Waals surface area contributed by atoms with Crippen LogP contribution in [0.5, 0.6) is 0 Å². The molecule has 1 aromatic carbocycles. The summed E-state index contributed by atoms with van der Waals surface area (Å²) in [7, 11) is 0. The minimum atomic E-state index is -1.35. The molecule has 0 saturated heterocycles. The summed E-state index contributed by atoms with van der Waals surface area (Å²) in [6, 6.07) is 6.62. The van der Waals surface area contributed by atoms with Crippen LogP contribution in [0, 0.1) is 5.41 Å². The first kappa shape index (κ1) is 11.6. The fourth-order valence-electron chi connectivity index (χ4n) is 1.82. The van der Waals surface area contributed by atoms with Crippen molar-refractivity contribution in [1.82, 2.24) is 0 Å². The van der Waals surface area contributed by atoms with Gasteiger partial charge in [-0.15, -0.1) is 0 Å². The molecule has 16 heavy (non-hydrogen) atoms. The van der Waals surface area contributed by atoms with Crippen molar-refractivity contribution in [3.05, 3.63) is 29.8 Å². The van der Waals surface area contributed by atoms with Crippen LogP contribution < -0.4 is 0 Å². The number of hydrogen-bond donors (Lipinski definition) is 2. The summed E-state index contributed by atoms with van der Waals surface area (Å²) in [6.45, 7) is -0.967. The fraction of sp³-hybridized carbons (Fsp3) is 0.364. The Balaban J connectivity index is 2.53. The van der Waals surface area contributed by atoms with Gasteiger partial charge in [0.05, 0.1) is 18.8 Å². The number of benzene rings is 1. The summed E-state index contributed by atoms with van der Waals surface area (Å²) in [4.78, 5) is 12.6. The van der Waals surface area contributed by atoms with E-state index >= 15 is 0 Å². The first-order valence-electron chi connectivity index (χ1n) is 4.88.